The first-order chi connectivity index (χ1) is 14.6. The van der Waals surface area contributed by atoms with E-state index in [0.717, 1.165) is 55.6 Å². The van der Waals surface area contributed by atoms with Gasteiger partial charge in [-0.25, -0.2) is 4.79 Å². The fourth-order valence-corrected chi connectivity index (χ4v) is 4.00. The first kappa shape index (κ1) is 23.4. The van der Waals surface area contributed by atoms with Crippen molar-refractivity contribution in [3.8, 4) is 0 Å². The third-order valence-corrected chi connectivity index (χ3v) is 5.88. The summed E-state index contributed by atoms with van der Waals surface area (Å²) in [5, 5.41) is 6.15. The lowest BCUT2D eigenvalue weighted by molar-refractivity contribution is -0.122. The molecule has 3 amide bonds. The van der Waals surface area contributed by atoms with E-state index in [9.17, 15) is 9.59 Å². The minimum absolute atomic E-state index is 0.0648. The quantitative estimate of drug-likeness (QED) is 0.686. The Morgan fingerprint density at radius 2 is 1.87 bits per heavy atom. The number of nitrogens with zero attached hydrogens (tertiary/aromatic N) is 2. The summed E-state index contributed by atoms with van der Waals surface area (Å²) in [5.74, 6) is 0.224. The van der Waals surface area contributed by atoms with Crippen LogP contribution in [0.15, 0.2) is 18.2 Å². The second kappa shape index (κ2) is 9.90. The third-order valence-electron chi connectivity index (χ3n) is 5.88. The predicted molar refractivity (Wildman–Crippen MR) is 124 cm³/mol. The van der Waals surface area contributed by atoms with E-state index >= 15 is 0 Å². The molecule has 2 aliphatic rings. The number of hydrogen-bond acceptors (Lipinski definition) is 4. The van der Waals surface area contributed by atoms with Crippen molar-refractivity contribution in [1.82, 2.24) is 10.2 Å². The topological polar surface area (TPSA) is 73.9 Å². The Hall–Kier alpha value is -2.28. The van der Waals surface area contributed by atoms with Crippen LogP contribution in [0.3, 0.4) is 0 Å². The van der Waals surface area contributed by atoms with Gasteiger partial charge in [0.25, 0.3) is 0 Å². The molecule has 2 N–H and O–H groups in total. The first-order valence-corrected chi connectivity index (χ1v) is 11.4. The molecule has 1 aromatic rings. The number of amides is 3. The van der Waals surface area contributed by atoms with E-state index in [1.807, 2.05) is 62.9 Å². The Morgan fingerprint density at radius 3 is 2.42 bits per heavy atom. The van der Waals surface area contributed by atoms with Crippen LogP contribution in [0.2, 0.25) is 0 Å². The summed E-state index contributed by atoms with van der Waals surface area (Å²) < 4.78 is 5.81. The molecule has 0 bridgehead atoms. The van der Waals surface area contributed by atoms with E-state index in [1.54, 1.807) is 0 Å². The van der Waals surface area contributed by atoms with Crippen molar-refractivity contribution < 1.29 is 14.3 Å². The van der Waals surface area contributed by atoms with Crippen LogP contribution in [0.4, 0.5) is 16.2 Å². The van der Waals surface area contributed by atoms with Gasteiger partial charge in [-0.15, -0.1) is 0 Å². The maximum atomic E-state index is 13.1. The highest BCUT2D eigenvalue weighted by atomic mass is 16.5. The number of hydrogen-bond donors (Lipinski definition) is 2. The second-order valence-electron chi connectivity index (χ2n) is 10.1. The number of carbonyl (C=O) groups excluding carboxylic acids is 2. The minimum Gasteiger partial charge on any atom is -0.377 e. The second-order valence-corrected chi connectivity index (χ2v) is 10.1. The Bertz CT molecular complexity index is 778. The highest BCUT2D eigenvalue weighted by Gasteiger charge is 2.27. The van der Waals surface area contributed by atoms with Gasteiger partial charge in [-0.05, 0) is 70.2 Å². The molecule has 7 heteroatoms. The lowest BCUT2D eigenvalue weighted by Gasteiger charge is -2.31. The summed E-state index contributed by atoms with van der Waals surface area (Å²) in [5.41, 5.74) is 2.49. The Morgan fingerprint density at radius 1 is 1.13 bits per heavy atom. The number of nitrogens with one attached hydrogen (secondary N) is 2. The number of anilines is 2. The van der Waals surface area contributed by atoms with Crippen molar-refractivity contribution in [2.75, 3.05) is 37.5 Å². The Kier molecular flexibility index (Phi) is 7.46. The average Bonchev–Trinajstić information content (AvgIpc) is 3.11. The van der Waals surface area contributed by atoms with Crippen LogP contribution >= 0.6 is 0 Å². The fraction of sp³-hybridized carbons (Fsp3) is 0.667. The minimum atomic E-state index is -0.325. The van der Waals surface area contributed by atoms with Gasteiger partial charge in [0.2, 0.25) is 5.91 Å². The maximum Gasteiger partial charge on any atom is 0.318 e. The van der Waals surface area contributed by atoms with Crippen molar-refractivity contribution in [2.24, 2.45) is 5.92 Å². The van der Waals surface area contributed by atoms with Gasteiger partial charge in [0, 0.05) is 56.6 Å². The van der Waals surface area contributed by atoms with Crippen molar-refractivity contribution >= 4 is 23.3 Å². The molecule has 0 radical (unpaired) electrons. The summed E-state index contributed by atoms with van der Waals surface area (Å²) in [7, 11) is 3.98. The maximum absolute atomic E-state index is 13.1. The highest BCUT2D eigenvalue weighted by Crippen LogP contribution is 2.29. The SMILES string of the molecule is CN(C)c1ccc(NC(=O)C2CCC2)cc1CN(C[C@@H]1CCCO1)C(=O)NC(C)(C)C. The molecule has 0 spiro atoms. The van der Waals surface area contributed by atoms with E-state index in [0.29, 0.717) is 13.1 Å². The zero-order valence-corrected chi connectivity index (χ0v) is 19.7. The normalized spacial score (nSPS) is 18.9. The Balaban J connectivity index is 1.81. The van der Waals surface area contributed by atoms with Crippen molar-refractivity contribution in [1.29, 1.82) is 0 Å². The van der Waals surface area contributed by atoms with Gasteiger partial charge in [0.15, 0.2) is 0 Å². The molecule has 2 fully saturated rings. The summed E-state index contributed by atoms with van der Waals surface area (Å²) in [6.45, 7) is 7.70. The van der Waals surface area contributed by atoms with Crippen molar-refractivity contribution in [3.05, 3.63) is 23.8 Å². The molecule has 31 heavy (non-hydrogen) atoms. The van der Waals surface area contributed by atoms with Crippen LogP contribution < -0.4 is 15.5 Å². The molecule has 1 aliphatic heterocycles. The number of urea groups is 1. The van der Waals surface area contributed by atoms with Gasteiger partial charge in [-0.2, -0.15) is 0 Å². The molecule has 172 valence electrons. The smallest absolute Gasteiger partial charge is 0.318 e. The zero-order chi connectivity index (χ0) is 22.6. The van der Waals surface area contributed by atoms with E-state index in [-0.39, 0.29) is 29.5 Å². The zero-order valence-electron chi connectivity index (χ0n) is 19.7. The van der Waals surface area contributed by atoms with Gasteiger partial charge in [0.1, 0.15) is 0 Å². The van der Waals surface area contributed by atoms with E-state index in [2.05, 4.69) is 10.6 Å². The molecule has 1 atom stereocenters. The first-order valence-electron chi connectivity index (χ1n) is 11.4. The van der Waals surface area contributed by atoms with Crippen molar-refractivity contribution in [2.45, 2.75) is 71.1 Å². The summed E-state index contributed by atoms with van der Waals surface area (Å²) in [6, 6.07) is 5.85. The van der Waals surface area contributed by atoms with Crippen LogP contribution in [0.5, 0.6) is 0 Å². The van der Waals surface area contributed by atoms with E-state index in [4.69, 9.17) is 4.74 Å². The molecule has 0 aromatic heterocycles. The summed E-state index contributed by atoms with van der Waals surface area (Å²) >= 11 is 0. The molecule has 3 rings (SSSR count). The molecular weight excluding hydrogens is 392 g/mol. The van der Waals surface area contributed by atoms with Crippen LogP contribution in [0.1, 0.15) is 58.4 Å². The number of benzene rings is 1. The van der Waals surface area contributed by atoms with Gasteiger partial charge < -0.3 is 25.2 Å². The average molecular weight is 431 g/mol. The molecular formula is C24H38N4O3. The predicted octanol–water partition coefficient (Wildman–Crippen LogP) is 3.98. The molecule has 1 saturated heterocycles. The molecule has 1 saturated carbocycles. The Labute approximate surface area is 186 Å². The van der Waals surface area contributed by atoms with Crippen LogP contribution in [-0.2, 0) is 16.1 Å². The lowest BCUT2D eigenvalue weighted by Crippen LogP contribution is -2.50. The highest BCUT2D eigenvalue weighted by molar-refractivity contribution is 5.93. The van der Waals surface area contributed by atoms with Gasteiger partial charge in [0.05, 0.1) is 6.10 Å². The molecule has 1 heterocycles. The van der Waals surface area contributed by atoms with E-state index < -0.39 is 0 Å². The van der Waals surface area contributed by atoms with Crippen LogP contribution in [-0.4, -0.2) is 55.7 Å². The summed E-state index contributed by atoms with van der Waals surface area (Å²) in [6.07, 6.45) is 5.13. The van der Waals surface area contributed by atoms with E-state index in [1.165, 1.54) is 0 Å². The van der Waals surface area contributed by atoms with Crippen LogP contribution in [0, 0.1) is 5.92 Å². The molecule has 0 unspecified atom stereocenters. The largest absolute Gasteiger partial charge is 0.377 e. The van der Waals surface area contributed by atoms with Crippen LogP contribution in [0.25, 0.3) is 0 Å². The number of ether oxygens (including phenoxy) is 1. The van der Waals surface area contributed by atoms with Crippen molar-refractivity contribution in [3.63, 3.8) is 0 Å². The molecule has 1 aromatic carbocycles. The molecule has 1 aliphatic carbocycles. The molecule has 7 nitrogen and oxygen atoms in total. The standard InChI is InChI=1S/C24H38N4O3/c1-24(2,3)26-23(30)28(16-20-10-7-13-31-20)15-18-14-19(11-12-21(18)27(4)5)25-22(29)17-8-6-9-17/h11-12,14,17,20H,6-10,13,15-16H2,1-5H3,(H,25,29)(H,26,30)/t20-/m0/s1. The van der Waals surface area contributed by atoms with Gasteiger partial charge >= 0.3 is 6.03 Å². The van der Waals surface area contributed by atoms with Gasteiger partial charge in [-0.1, -0.05) is 6.42 Å². The fourth-order valence-electron chi connectivity index (χ4n) is 4.00. The summed E-state index contributed by atoms with van der Waals surface area (Å²) in [4.78, 5) is 29.4. The third kappa shape index (κ3) is 6.60. The lowest BCUT2D eigenvalue weighted by atomic mass is 9.85. The monoisotopic (exact) mass is 430 g/mol. The number of carbonyl (C=O) groups is 2. The number of rotatable bonds is 7. The van der Waals surface area contributed by atoms with Gasteiger partial charge in [-0.3, -0.25) is 4.79 Å².